The van der Waals surface area contributed by atoms with Crippen LogP contribution in [-0.2, 0) is 4.79 Å². The molecule has 1 amide bonds. The van der Waals surface area contributed by atoms with Gasteiger partial charge in [-0.15, -0.1) is 0 Å². The summed E-state index contributed by atoms with van der Waals surface area (Å²) < 4.78 is 36.5. The van der Waals surface area contributed by atoms with Gasteiger partial charge in [-0.3, -0.25) is 9.79 Å². The number of amides is 1. The number of hydrogen-bond acceptors (Lipinski definition) is 2. The van der Waals surface area contributed by atoms with Crippen molar-refractivity contribution in [3.63, 3.8) is 0 Å². The van der Waals surface area contributed by atoms with Crippen LogP contribution in [-0.4, -0.2) is 56.2 Å². The van der Waals surface area contributed by atoms with E-state index in [9.17, 15) is 18.0 Å². The Morgan fingerprint density at radius 3 is 2.45 bits per heavy atom. The van der Waals surface area contributed by atoms with Crippen molar-refractivity contribution in [3.05, 3.63) is 0 Å². The van der Waals surface area contributed by atoms with Crippen molar-refractivity contribution in [1.29, 1.82) is 0 Å². The lowest BCUT2D eigenvalue weighted by Gasteiger charge is -2.21. The molecule has 8 heteroatoms. The molecule has 0 heterocycles. The van der Waals surface area contributed by atoms with Crippen LogP contribution in [0.2, 0.25) is 0 Å². The summed E-state index contributed by atoms with van der Waals surface area (Å²) in [7, 11) is 2.69. The van der Waals surface area contributed by atoms with E-state index < -0.39 is 18.6 Å². The Balaban J connectivity index is 2.34. The molecule has 0 saturated heterocycles. The van der Waals surface area contributed by atoms with Gasteiger partial charge in [0.15, 0.2) is 5.96 Å². The largest absolute Gasteiger partial charge is 0.406 e. The zero-order valence-corrected chi connectivity index (χ0v) is 11.8. The van der Waals surface area contributed by atoms with Gasteiger partial charge in [-0.05, 0) is 12.8 Å². The highest BCUT2D eigenvalue weighted by molar-refractivity contribution is 5.86. The molecule has 1 fully saturated rings. The highest BCUT2D eigenvalue weighted by atomic mass is 19.4. The van der Waals surface area contributed by atoms with Crippen LogP contribution in [0.5, 0.6) is 0 Å². The summed E-state index contributed by atoms with van der Waals surface area (Å²) in [6.45, 7) is -1.46. The number of halogens is 3. The Morgan fingerprint density at radius 1 is 1.35 bits per heavy atom. The first-order valence-electron chi connectivity index (χ1n) is 6.59. The van der Waals surface area contributed by atoms with E-state index in [2.05, 4.69) is 15.6 Å². The van der Waals surface area contributed by atoms with E-state index in [0.717, 1.165) is 32.7 Å². The van der Waals surface area contributed by atoms with E-state index in [4.69, 9.17) is 0 Å². The number of rotatable bonds is 4. The highest BCUT2D eigenvalue weighted by Gasteiger charge is 2.31. The third kappa shape index (κ3) is 6.12. The molecular weight excluding hydrogens is 273 g/mol. The number of aliphatic imine (C=N–C) groups is 1. The number of hydrogen-bond donors (Lipinski definition) is 2. The standard InChI is InChI=1S/C12H21F3N4O/c1-16-11(18-9-5-3-4-6-9)17-7-10(20)19(2)8-12(13,14)15/h9H,3-8H2,1-2H3,(H2,16,17,18). The first-order chi connectivity index (χ1) is 9.31. The van der Waals surface area contributed by atoms with Crippen LogP contribution in [0.15, 0.2) is 4.99 Å². The van der Waals surface area contributed by atoms with Crippen LogP contribution in [0.4, 0.5) is 13.2 Å². The summed E-state index contributed by atoms with van der Waals surface area (Å²) in [5, 5.41) is 5.90. The SMILES string of the molecule is CN=C(NCC(=O)N(C)CC(F)(F)F)NC1CCCC1. The summed E-state index contributed by atoms with van der Waals surface area (Å²) in [5.74, 6) is -0.178. The highest BCUT2D eigenvalue weighted by Crippen LogP contribution is 2.17. The van der Waals surface area contributed by atoms with Gasteiger partial charge in [-0.1, -0.05) is 12.8 Å². The maximum absolute atomic E-state index is 12.2. The van der Waals surface area contributed by atoms with Gasteiger partial charge in [-0.25, -0.2) is 0 Å². The van der Waals surface area contributed by atoms with Gasteiger partial charge < -0.3 is 15.5 Å². The summed E-state index contributed by atoms with van der Waals surface area (Å²) in [6.07, 6.45) is 0.0171. The molecule has 1 saturated carbocycles. The maximum Gasteiger partial charge on any atom is 0.406 e. The maximum atomic E-state index is 12.2. The van der Waals surface area contributed by atoms with Crippen molar-refractivity contribution in [1.82, 2.24) is 15.5 Å². The number of carbonyl (C=O) groups is 1. The number of guanidine groups is 1. The zero-order valence-electron chi connectivity index (χ0n) is 11.8. The van der Waals surface area contributed by atoms with Crippen molar-refractivity contribution in [3.8, 4) is 0 Å². The minimum absolute atomic E-state index is 0.209. The average Bonchev–Trinajstić information content (AvgIpc) is 2.84. The molecule has 20 heavy (non-hydrogen) atoms. The quantitative estimate of drug-likeness (QED) is 0.603. The van der Waals surface area contributed by atoms with E-state index in [-0.39, 0.29) is 6.54 Å². The molecule has 0 unspecified atom stereocenters. The van der Waals surface area contributed by atoms with Gasteiger partial charge in [0, 0.05) is 20.1 Å². The predicted molar refractivity (Wildman–Crippen MR) is 70.4 cm³/mol. The summed E-state index contributed by atoms with van der Waals surface area (Å²) >= 11 is 0. The van der Waals surface area contributed by atoms with Crippen LogP contribution in [0, 0.1) is 0 Å². The molecule has 0 aromatic heterocycles. The fourth-order valence-electron chi connectivity index (χ4n) is 2.11. The van der Waals surface area contributed by atoms with Crippen LogP contribution < -0.4 is 10.6 Å². The van der Waals surface area contributed by atoms with Crippen LogP contribution >= 0.6 is 0 Å². The van der Waals surface area contributed by atoms with Gasteiger partial charge in [-0.2, -0.15) is 13.2 Å². The molecule has 0 aliphatic heterocycles. The van der Waals surface area contributed by atoms with Crippen LogP contribution in [0.1, 0.15) is 25.7 Å². The molecule has 5 nitrogen and oxygen atoms in total. The molecule has 1 rings (SSSR count). The summed E-state index contributed by atoms with van der Waals surface area (Å²) in [5.41, 5.74) is 0. The van der Waals surface area contributed by atoms with Crippen molar-refractivity contribution in [2.75, 3.05) is 27.2 Å². The van der Waals surface area contributed by atoms with Crippen LogP contribution in [0.3, 0.4) is 0 Å². The van der Waals surface area contributed by atoms with Crippen molar-refractivity contribution in [2.45, 2.75) is 37.9 Å². The second kappa shape index (κ2) is 7.35. The Hall–Kier alpha value is -1.47. The zero-order chi connectivity index (χ0) is 15.2. The van der Waals surface area contributed by atoms with Gasteiger partial charge >= 0.3 is 6.18 Å². The topological polar surface area (TPSA) is 56.7 Å². The Bertz CT molecular complexity index is 351. The third-order valence-electron chi connectivity index (χ3n) is 3.17. The molecule has 0 bridgehead atoms. The Kier molecular flexibility index (Phi) is 6.09. The first-order valence-corrected chi connectivity index (χ1v) is 6.59. The first kappa shape index (κ1) is 16.6. The smallest absolute Gasteiger partial charge is 0.354 e. The second-order valence-electron chi connectivity index (χ2n) is 4.92. The van der Waals surface area contributed by atoms with E-state index >= 15 is 0 Å². The van der Waals surface area contributed by atoms with Gasteiger partial charge in [0.05, 0.1) is 6.54 Å². The van der Waals surface area contributed by atoms with Crippen molar-refractivity contribution in [2.24, 2.45) is 4.99 Å². The van der Waals surface area contributed by atoms with Crippen LogP contribution in [0.25, 0.3) is 0 Å². The predicted octanol–water partition coefficient (Wildman–Crippen LogP) is 1.11. The number of nitrogens with one attached hydrogen (secondary N) is 2. The average molecular weight is 294 g/mol. The van der Waals surface area contributed by atoms with E-state index in [1.165, 1.54) is 0 Å². The van der Waals surface area contributed by atoms with Gasteiger partial charge in [0.1, 0.15) is 6.54 Å². The third-order valence-corrected chi connectivity index (χ3v) is 3.17. The molecule has 0 atom stereocenters. The second-order valence-corrected chi connectivity index (χ2v) is 4.92. The molecule has 2 N–H and O–H groups in total. The minimum Gasteiger partial charge on any atom is -0.354 e. The fraction of sp³-hybridized carbons (Fsp3) is 0.833. The van der Waals surface area contributed by atoms with Gasteiger partial charge in [0.25, 0.3) is 0 Å². The van der Waals surface area contributed by atoms with E-state index in [0.29, 0.717) is 16.9 Å². The number of carbonyl (C=O) groups excluding carboxylic acids is 1. The fourth-order valence-corrected chi connectivity index (χ4v) is 2.11. The lowest BCUT2D eigenvalue weighted by atomic mass is 10.2. The summed E-state index contributed by atoms with van der Waals surface area (Å²) in [4.78, 5) is 16.2. The molecular formula is C12H21F3N4O. The van der Waals surface area contributed by atoms with Gasteiger partial charge in [0.2, 0.25) is 5.91 Å². The monoisotopic (exact) mass is 294 g/mol. The molecule has 116 valence electrons. The normalized spacial score (nSPS) is 17.1. The minimum atomic E-state index is -4.38. The molecule has 0 spiro atoms. The van der Waals surface area contributed by atoms with Crippen molar-refractivity contribution < 1.29 is 18.0 Å². The number of nitrogens with zero attached hydrogens (tertiary/aromatic N) is 2. The molecule has 0 aromatic rings. The lowest BCUT2D eigenvalue weighted by molar-refractivity contribution is -0.157. The molecule has 0 aromatic carbocycles. The molecule has 1 aliphatic rings. The van der Waals surface area contributed by atoms with E-state index in [1.54, 1.807) is 7.05 Å². The summed E-state index contributed by atoms with van der Waals surface area (Å²) in [6, 6.07) is 0.323. The lowest BCUT2D eigenvalue weighted by Crippen LogP contribution is -2.47. The Morgan fingerprint density at radius 2 is 1.95 bits per heavy atom. The van der Waals surface area contributed by atoms with Crippen molar-refractivity contribution >= 4 is 11.9 Å². The number of likely N-dealkylation sites (N-methyl/N-ethyl adjacent to an activating group) is 1. The van der Waals surface area contributed by atoms with E-state index in [1.807, 2.05) is 0 Å². The molecule has 0 radical (unpaired) electrons. The Labute approximate surface area is 116 Å². The number of alkyl halides is 3. The molecule has 1 aliphatic carbocycles.